The van der Waals surface area contributed by atoms with Crippen molar-refractivity contribution in [3.05, 3.63) is 34.0 Å². The molecule has 7 nitrogen and oxygen atoms in total. The first-order valence-corrected chi connectivity index (χ1v) is 8.80. The van der Waals surface area contributed by atoms with Crippen LogP contribution in [-0.4, -0.2) is 46.3 Å². The average molecular weight is 424 g/mol. The fourth-order valence-corrected chi connectivity index (χ4v) is 3.28. The van der Waals surface area contributed by atoms with E-state index in [-0.39, 0.29) is 36.8 Å². The second kappa shape index (κ2) is 11.5. The largest absolute Gasteiger partial charge is 0.372 e. The minimum absolute atomic E-state index is 0. The number of ether oxygens (including phenoxy) is 1. The highest BCUT2D eigenvalue weighted by atomic mass is 35.5. The molecule has 0 saturated heterocycles. The number of rotatable bonds is 8. The second-order valence-electron chi connectivity index (χ2n) is 5.64. The molecule has 0 saturated carbocycles. The first-order valence-electron chi connectivity index (χ1n) is 7.92. The van der Waals surface area contributed by atoms with Crippen LogP contribution in [0, 0.1) is 0 Å². The van der Waals surface area contributed by atoms with E-state index < -0.39 is 6.04 Å². The molecule has 2 rings (SSSR count). The van der Waals surface area contributed by atoms with Crippen LogP contribution in [0.25, 0.3) is 0 Å². The van der Waals surface area contributed by atoms with Gasteiger partial charge in [0.1, 0.15) is 17.2 Å². The summed E-state index contributed by atoms with van der Waals surface area (Å²) in [5.41, 5.74) is 1.72. The van der Waals surface area contributed by atoms with Crippen LogP contribution in [0.4, 0.5) is 0 Å². The van der Waals surface area contributed by atoms with Gasteiger partial charge in [-0.1, -0.05) is 0 Å². The van der Waals surface area contributed by atoms with Gasteiger partial charge in [-0.3, -0.25) is 9.48 Å². The topological polar surface area (TPSA) is 72.3 Å². The maximum absolute atomic E-state index is 12.7. The summed E-state index contributed by atoms with van der Waals surface area (Å²) >= 11 is 1.56. The van der Waals surface area contributed by atoms with Crippen LogP contribution in [0.15, 0.2) is 17.8 Å². The van der Waals surface area contributed by atoms with Crippen molar-refractivity contribution >= 4 is 42.1 Å². The summed E-state index contributed by atoms with van der Waals surface area (Å²) in [4.78, 5) is 19.0. The SMILES string of the molecule is CCOC(C)c1nc(CN(C)C(=O)C(NC)c2cnn(C)c2)cs1.Cl.Cl. The predicted octanol–water partition coefficient (Wildman–Crippen LogP) is 2.74. The van der Waals surface area contributed by atoms with Crippen molar-refractivity contribution in [3.8, 4) is 0 Å². The maximum atomic E-state index is 12.7. The van der Waals surface area contributed by atoms with Crippen LogP contribution in [0.2, 0.25) is 0 Å². The molecule has 0 bridgehead atoms. The molecule has 0 aliphatic carbocycles. The van der Waals surface area contributed by atoms with Crippen LogP contribution in [0.3, 0.4) is 0 Å². The van der Waals surface area contributed by atoms with E-state index in [2.05, 4.69) is 15.4 Å². The van der Waals surface area contributed by atoms with Crippen molar-refractivity contribution in [1.82, 2.24) is 25.0 Å². The molecule has 2 heterocycles. The Bertz CT molecular complexity index is 679. The van der Waals surface area contributed by atoms with E-state index in [1.165, 1.54) is 0 Å². The second-order valence-corrected chi connectivity index (χ2v) is 6.53. The highest BCUT2D eigenvalue weighted by molar-refractivity contribution is 7.09. The molecule has 2 unspecified atom stereocenters. The Morgan fingerprint density at radius 2 is 2.15 bits per heavy atom. The summed E-state index contributed by atoms with van der Waals surface area (Å²) in [6, 6.07) is -0.413. The summed E-state index contributed by atoms with van der Waals surface area (Å²) in [5, 5.41) is 10.1. The van der Waals surface area contributed by atoms with E-state index in [9.17, 15) is 4.79 Å². The molecule has 0 aromatic carbocycles. The molecule has 148 valence electrons. The normalized spacial score (nSPS) is 12.7. The van der Waals surface area contributed by atoms with Crippen molar-refractivity contribution in [2.24, 2.45) is 7.05 Å². The number of amides is 1. The number of thiazole rings is 1. The van der Waals surface area contributed by atoms with Gasteiger partial charge in [0, 0.05) is 37.8 Å². The van der Waals surface area contributed by atoms with Crippen LogP contribution in [0.1, 0.15) is 42.3 Å². The summed E-state index contributed by atoms with van der Waals surface area (Å²) in [7, 11) is 5.39. The number of carbonyl (C=O) groups excluding carboxylic acids is 1. The lowest BCUT2D eigenvalue weighted by Gasteiger charge is -2.22. The van der Waals surface area contributed by atoms with Gasteiger partial charge in [0.15, 0.2) is 0 Å². The molecule has 2 aromatic heterocycles. The number of nitrogens with one attached hydrogen (secondary N) is 1. The van der Waals surface area contributed by atoms with E-state index >= 15 is 0 Å². The third-order valence-corrected chi connectivity index (χ3v) is 4.76. The summed E-state index contributed by atoms with van der Waals surface area (Å²) in [5.74, 6) is -0.0158. The molecule has 2 atom stereocenters. The Kier molecular flexibility index (Phi) is 11.0. The first kappa shape index (κ1) is 24.8. The van der Waals surface area contributed by atoms with Crippen molar-refractivity contribution in [2.75, 3.05) is 20.7 Å². The van der Waals surface area contributed by atoms with E-state index in [0.29, 0.717) is 13.2 Å². The van der Waals surface area contributed by atoms with Crippen LogP contribution >= 0.6 is 36.2 Å². The van der Waals surface area contributed by atoms with Crippen LogP contribution < -0.4 is 5.32 Å². The standard InChI is InChI=1S/C16H25N5O2S.2ClH/c1-6-23-11(2)15-19-13(10-24-15)9-20(4)16(22)14(17-3)12-7-18-21(5)8-12;;/h7-8,10-11,14,17H,6,9H2,1-5H3;2*1H. The van der Waals surface area contributed by atoms with Gasteiger partial charge in [-0.05, 0) is 20.9 Å². The number of hydrogen-bond donors (Lipinski definition) is 1. The number of likely N-dealkylation sites (N-methyl/N-ethyl adjacent to an activating group) is 2. The molecule has 10 heteroatoms. The monoisotopic (exact) mass is 423 g/mol. The van der Waals surface area contributed by atoms with Gasteiger partial charge in [0.2, 0.25) is 5.91 Å². The van der Waals surface area contributed by atoms with Gasteiger partial charge in [0.05, 0.1) is 18.4 Å². The van der Waals surface area contributed by atoms with Crippen LogP contribution in [0.5, 0.6) is 0 Å². The van der Waals surface area contributed by atoms with Crippen LogP contribution in [-0.2, 0) is 23.1 Å². The molecule has 1 N–H and O–H groups in total. The van der Waals surface area contributed by atoms with E-state index in [1.54, 1.807) is 41.2 Å². The molecular formula is C16H27Cl2N5O2S. The fourth-order valence-electron chi connectivity index (χ4n) is 2.47. The Morgan fingerprint density at radius 1 is 1.46 bits per heavy atom. The fraction of sp³-hybridized carbons (Fsp3) is 0.562. The zero-order chi connectivity index (χ0) is 17.7. The van der Waals surface area contributed by atoms with Gasteiger partial charge >= 0.3 is 0 Å². The minimum atomic E-state index is -0.413. The quantitative estimate of drug-likeness (QED) is 0.706. The smallest absolute Gasteiger partial charge is 0.244 e. The highest BCUT2D eigenvalue weighted by Gasteiger charge is 2.24. The Labute approximate surface area is 170 Å². The lowest BCUT2D eigenvalue weighted by molar-refractivity contribution is -0.132. The van der Waals surface area contributed by atoms with Gasteiger partial charge in [-0.2, -0.15) is 5.10 Å². The summed E-state index contributed by atoms with van der Waals surface area (Å²) in [6.07, 6.45) is 3.53. The molecule has 0 aliphatic heterocycles. The highest BCUT2D eigenvalue weighted by Crippen LogP contribution is 2.22. The van der Waals surface area contributed by atoms with Crippen molar-refractivity contribution in [2.45, 2.75) is 32.5 Å². The number of hydrogen-bond acceptors (Lipinski definition) is 6. The summed E-state index contributed by atoms with van der Waals surface area (Å²) < 4.78 is 7.25. The Hall–Kier alpha value is -1.19. The third kappa shape index (κ3) is 6.21. The predicted molar refractivity (Wildman–Crippen MR) is 108 cm³/mol. The Morgan fingerprint density at radius 3 is 2.69 bits per heavy atom. The number of carbonyl (C=O) groups is 1. The molecule has 0 spiro atoms. The average Bonchev–Trinajstić information content (AvgIpc) is 3.17. The number of aromatic nitrogens is 3. The lowest BCUT2D eigenvalue weighted by Crippen LogP contribution is -2.37. The molecule has 26 heavy (non-hydrogen) atoms. The zero-order valence-electron chi connectivity index (χ0n) is 15.6. The zero-order valence-corrected chi connectivity index (χ0v) is 18.1. The number of aryl methyl sites for hydroxylation is 1. The van der Waals surface area contributed by atoms with Gasteiger partial charge in [0.25, 0.3) is 0 Å². The van der Waals surface area contributed by atoms with Gasteiger partial charge in [-0.15, -0.1) is 36.2 Å². The summed E-state index contributed by atoms with van der Waals surface area (Å²) in [6.45, 7) is 5.07. The van der Waals surface area contributed by atoms with Crippen molar-refractivity contribution in [3.63, 3.8) is 0 Å². The number of halogens is 2. The lowest BCUT2D eigenvalue weighted by atomic mass is 10.1. The maximum Gasteiger partial charge on any atom is 0.244 e. The van der Waals surface area contributed by atoms with E-state index in [0.717, 1.165) is 16.3 Å². The van der Waals surface area contributed by atoms with Gasteiger partial charge < -0.3 is 15.0 Å². The van der Waals surface area contributed by atoms with E-state index in [4.69, 9.17) is 4.74 Å². The molecule has 0 aliphatic rings. The Balaban J connectivity index is 0.00000312. The van der Waals surface area contributed by atoms with E-state index in [1.807, 2.05) is 32.5 Å². The molecule has 0 fully saturated rings. The molecule has 0 radical (unpaired) electrons. The first-order chi connectivity index (χ1) is 11.5. The number of nitrogens with zero attached hydrogens (tertiary/aromatic N) is 4. The van der Waals surface area contributed by atoms with Gasteiger partial charge in [-0.25, -0.2) is 4.98 Å². The van der Waals surface area contributed by atoms with Crippen molar-refractivity contribution in [1.29, 1.82) is 0 Å². The molecular weight excluding hydrogens is 397 g/mol. The van der Waals surface area contributed by atoms with Crippen molar-refractivity contribution < 1.29 is 9.53 Å². The molecule has 2 aromatic rings. The molecule has 1 amide bonds. The third-order valence-electron chi connectivity index (χ3n) is 3.70. The minimum Gasteiger partial charge on any atom is -0.372 e.